The van der Waals surface area contributed by atoms with Gasteiger partial charge in [0.05, 0.1) is 15.6 Å². The fourth-order valence-corrected chi connectivity index (χ4v) is 4.24. The van der Waals surface area contributed by atoms with Gasteiger partial charge in [-0.15, -0.1) is 0 Å². The highest BCUT2D eigenvalue weighted by atomic mass is 35.5. The number of hydrogen-bond donors (Lipinski definition) is 1. The normalized spacial score (nSPS) is 14.5. The van der Waals surface area contributed by atoms with Gasteiger partial charge >= 0.3 is 0 Å². The summed E-state index contributed by atoms with van der Waals surface area (Å²) in [5.41, 5.74) is 2.13. The Morgan fingerprint density at radius 1 is 0.971 bits per heavy atom. The number of anilines is 1. The van der Waals surface area contributed by atoms with E-state index in [4.69, 9.17) is 27.9 Å². The fraction of sp³-hybridized carbons (Fsp3) is 0.0800. The molecule has 0 unspecified atom stereocenters. The van der Waals surface area contributed by atoms with Crippen LogP contribution in [0.4, 0.5) is 10.5 Å². The zero-order valence-corrected chi connectivity index (χ0v) is 20.0. The van der Waals surface area contributed by atoms with Crippen molar-refractivity contribution in [1.29, 1.82) is 0 Å². The average Bonchev–Trinajstić information content (AvgIpc) is 3.08. The van der Waals surface area contributed by atoms with E-state index in [1.165, 1.54) is 0 Å². The number of rotatable bonds is 7. The van der Waals surface area contributed by atoms with Crippen molar-refractivity contribution in [2.75, 3.05) is 11.9 Å². The number of benzene rings is 3. The van der Waals surface area contributed by atoms with Crippen molar-refractivity contribution in [1.82, 2.24) is 4.90 Å². The summed E-state index contributed by atoms with van der Waals surface area (Å²) in [4.78, 5) is 38.5. The molecule has 3 aromatic carbocycles. The topological polar surface area (TPSA) is 75.7 Å². The van der Waals surface area contributed by atoms with Gasteiger partial charge in [-0.25, -0.2) is 0 Å². The van der Waals surface area contributed by atoms with Crippen LogP contribution < -0.4 is 10.1 Å². The Hall–Kier alpha value is -3.26. The first kappa shape index (κ1) is 23.9. The number of nitrogens with zero attached hydrogens (tertiary/aromatic N) is 1. The van der Waals surface area contributed by atoms with Gasteiger partial charge in [-0.2, -0.15) is 0 Å². The molecule has 1 aliphatic rings. The second kappa shape index (κ2) is 10.8. The van der Waals surface area contributed by atoms with Crippen LogP contribution in [0.1, 0.15) is 11.1 Å². The van der Waals surface area contributed by atoms with Crippen molar-refractivity contribution in [3.63, 3.8) is 0 Å². The smallest absolute Gasteiger partial charge is 0.294 e. The molecule has 0 bridgehead atoms. The number of nitrogens with one attached hydrogen (secondary N) is 1. The second-order valence-corrected chi connectivity index (χ2v) is 9.12. The molecule has 4 rings (SSSR count). The van der Waals surface area contributed by atoms with Gasteiger partial charge in [0.25, 0.3) is 11.1 Å². The molecule has 1 aliphatic heterocycles. The van der Waals surface area contributed by atoms with Crippen LogP contribution in [0.2, 0.25) is 10.0 Å². The highest BCUT2D eigenvalue weighted by molar-refractivity contribution is 8.18. The molecule has 1 N–H and O–H groups in total. The minimum atomic E-state index is -0.521. The summed E-state index contributed by atoms with van der Waals surface area (Å²) in [6.07, 6.45) is 1.61. The van der Waals surface area contributed by atoms with Crippen LogP contribution >= 0.6 is 35.0 Å². The lowest BCUT2D eigenvalue weighted by atomic mass is 10.2. The molecule has 1 saturated heterocycles. The number of amides is 3. The molecule has 34 heavy (non-hydrogen) atoms. The molecule has 0 aliphatic carbocycles. The summed E-state index contributed by atoms with van der Waals surface area (Å²) >= 11 is 12.7. The first-order valence-corrected chi connectivity index (χ1v) is 11.7. The van der Waals surface area contributed by atoms with E-state index in [2.05, 4.69) is 5.32 Å². The van der Waals surface area contributed by atoms with Crippen LogP contribution in [0.15, 0.2) is 77.7 Å². The first-order chi connectivity index (χ1) is 16.4. The molecule has 1 fully saturated rings. The van der Waals surface area contributed by atoms with Crippen molar-refractivity contribution in [3.05, 3.63) is 98.9 Å². The van der Waals surface area contributed by atoms with E-state index < -0.39 is 23.6 Å². The van der Waals surface area contributed by atoms with Crippen molar-refractivity contribution in [2.45, 2.75) is 6.61 Å². The first-order valence-electron chi connectivity index (χ1n) is 10.2. The van der Waals surface area contributed by atoms with Crippen LogP contribution in [-0.2, 0) is 16.2 Å². The van der Waals surface area contributed by atoms with E-state index in [0.717, 1.165) is 27.8 Å². The largest absolute Gasteiger partial charge is 0.489 e. The molecule has 0 radical (unpaired) electrons. The molecule has 0 atom stereocenters. The zero-order chi connectivity index (χ0) is 24.1. The lowest BCUT2D eigenvalue weighted by Crippen LogP contribution is -2.36. The quantitative estimate of drug-likeness (QED) is 0.378. The van der Waals surface area contributed by atoms with Crippen LogP contribution in [0, 0.1) is 0 Å². The molecular weight excluding hydrogens is 495 g/mol. The number of halogens is 2. The number of hydrogen-bond acceptors (Lipinski definition) is 5. The lowest BCUT2D eigenvalue weighted by molar-refractivity contribution is -0.127. The van der Waals surface area contributed by atoms with E-state index in [9.17, 15) is 14.4 Å². The Morgan fingerprint density at radius 3 is 2.38 bits per heavy atom. The van der Waals surface area contributed by atoms with E-state index in [1.807, 2.05) is 12.1 Å². The third kappa shape index (κ3) is 5.99. The minimum absolute atomic E-state index is 0.241. The van der Waals surface area contributed by atoms with Crippen LogP contribution in [0.5, 0.6) is 5.75 Å². The number of ether oxygens (including phenoxy) is 1. The maximum atomic E-state index is 12.7. The van der Waals surface area contributed by atoms with Crippen molar-refractivity contribution < 1.29 is 19.1 Å². The number of imide groups is 1. The summed E-state index contributed by atoms with van der Waals surface area (Å²) in [6, 6.07) is 21.2. The van der Waals surface area contributed by atoms with Gasteiger partial charge in [-0.05, 0) is 65.4 Å². The predicted octanol–water partition coefficient (Wildman–Crippen LogP) is 6.25. The predicted molar refractivity (Wildman–Crippen MR) is 135 cm³/mol. The average molecular weight is 513 g/mol. The third-order valence-corrected chi connectivity index (χ3v) is 6.31. The van der Waals surface area contributed by atoms with Gasteiger partial charge in [-0.1, -0.05) is 59.6 Å². The molecule has 3 aromatic rings. The molecule has 0 aromatic heterocycles. The standard InChI is InChI=1S/C25H18Cl2N2O4S/c26-18-9-5-17(6-10-18)15-33-19-11-7-16(8-12-19)13-22-24(31)29(25(32)34-22)14-23(30)28-21-4-2-1-3-20(21)27/h1-13H,14-15H2,(H,28,30)/b22-13+. The Balaban J connectivity index is 1.36. The number of para-hydroxylation sites is 1. The Labute approximate surface area is 210 Å². The Bertz CT molecular complexity index is 1260. The zero-order valence-electron chi connectivity index (χ0n) is 17.7. The van der Waals surface area contributed by atoms with Gasteiger partial charge < -0.3 is 10.1 Å². The molecule has 1 heterocycles. The van der Waals surface area contributed by atoms with E-state index in [-0.39, 0.29) is 4.91 Å². The molecule has 9 heteroatoms. The molecule has 172 valence electrons. The van der Waals surface area contributed by atoms with Crippen molar-refractivity contribution >= 4 is 63.8 Å². The summed E-state index contributed by atoms with van der Waals surface area (Å²) < 4.78 is 5.76. The van der Waals surface area contributed by atoms with Crippen LogP contribution in [0.3, 0.4) is 0 Å². The van der Waals surface area contributed by atoms with Crippen LogP contribution in [0.25, 0.3) is 6.08 Å². The highest BCUT2D eigenvalue weighted by Gasteiger charge is 2.36. The van der Waals surface area contributed by atoms with E-state index in [0.29, 0.717) is 28.1 Å². The van der Waals surface area contributed by atoms with Gasteiger partial charge in [-0.3, -0.25) is 19.3 Å². The fourth-order valence-electron chi connectivity index (χ4n) is 3.09. The number of carbonyl (C=O) groups is 3. The SMILES string of the molecule is O=C(CN1C(=O)S/C(=C/c2ccc(OCc3ccc(Cl)cc3)cc2)C1=O)Nc1ccccc1Cl. The van der Waals surface area contributed by atoms with Gasteiger partial charge in [0.15, 0.2) is 0 Å². The van der Waals surface area contributed by atoms with Crippen LogP contribution in [-0.4, -0.2) is 28.5 Å². The maximum absolute atomic E-state index is 12.7. The maximum Gasteiger partial charge on any atom is 0.294 e. The minimum Gasteiger partial charge on any atom is -0.489 e. The van der Waals surface area contributed by atoms with Gasteiger partial charge in [0, 0.05) is 5.02 Å². The summed E-state index contributed by atoms with van der Waals surface area (Å²) in [7, 11) is 0. The van der Waals surface area contributed by atoms with E-state index in [1.54, 1.807) is 66.7 Å². The van der Waals surface area contributed by atoms with Crippen molar-refractivity contribution in [3.8, 4) is 5.75 Å². The lowest BCUT2D eigenvalue weighted by Gasteiger charge is -2.13. The molecular formula is C25H18Cl2N2O4S. The monoisotopic (exact) mass is 512 g/mol. The molecule has 3 amide bonds. The molecule has 6 nitrogen and oxygen atoms in total. The highest BCUT2D eigenvalue weighted by Crippen LogP contribution is 2.32. The number of thioether (sulfide) groups is 1. The van der Waals surface area contributed by atoms with Gasteiger partial charge in [0.2, 0.25) is 5.91 Å². The molecule has 0 spiro atoms. The number of carbonyl (C=O) groups excluding carboxylic acids is 3. The Kier molecular flexibility index (Phi) is 7.57. The van der Waals surface area contributed by atoms with Gasteiger partial charge in [0.1, 0.15) is 18.9 Å². The Morgan fingerprint density at radius 2 is 1.68 bits per heavy atom. The summed E-state index contributed by atoms with van der Waals surface area (Å²) in [5, 5.41) is 3.13. The second-order valence-electron chi connectivity index (χ2n) is 7.28. The molecule has 0 saturated carbocycles. The van der Waals surface area contributed by atoms with Crippen molar-refractivity contribution in [2.24, 2.45) is 0 Å². The summed E-state index contributed by atoms with van der Waals surface area (Å²) in [6.45, 7) is -0.00360. The summed E-state index contributed by atoms with van der Waals surface area (Å²) in [5.74, 6) is -0.373. The third-order valence-electron chi connectivity index (χ3n) is 4.82. The van der Waals surface area contributed by atoms with E-state index >= 15 is 0 Å².